The summed E-state index contributed by atoms with van der Waals surface area (Å²) in [6, 6.07) is 8.71. The Morgan fingerprint density at radius 1 is 1.17 bits per heavy atom. The second-order valence-corrected chi connectivity index (χ2v) is 8.21. The second kappa shape index (κ2) is 9.49. The van der Waals surface area contributed by atoms with E-state index >= 15 is 0 Å². The summed E-state index contributed by atoms with van der Waals surface area (Å²) in [5.41, 5.74) is 1.62. The van der Waals surface area contributed by atoms with E-state index in [1.54, 1.807) is 49.4 Å². The van der Waals surface area contributed by atoms with Crippen LogP contribution in [0.5, 0.6) is 11.5 Å². The average Bonchev–Trinajstić information content (AvgIpc) is 3.26. The van der Waals surface area contributed by atoms with Gasteiger partial charge in [-0.3, -0.25) is 4.79 Å². The fourth-order valence-electron chi connectivity index (χ4n) is 4.06. The quantitative estimate of drug-likeness (QED) is 0.456. The second-order valence-electron chi connectivity index (χ2n) is 8.21. The zero-order chi connectivity index (χ0) is 25.3. The molecular formula is C24H25F3N4O4. The van der Waals surface area contributed by atoms with Crippen LogP contribution in [-0.2, 0) is 0 Å². The van der Waals surface area contributed by atoms with Crippen molar-refractivity contribution in [2.24, 2.45) is 0 Å². The van der Waals surface area contributed by atoms with E-state index in [0.717, 1.165) is 10.9 Å². The van der Waals surface area contributed by atoms with Gasteiger partial charge in [-0.25, -0.2) is 4.68 Å². The Kier molecular flexibility index (Phi) is 6.62. The summed E-state index contributed by atoms with van der Waals surface area (Å²) < 4.78 is 53.3. The van der Waals surface area contributed by atoms with E-state index in [1.807, 2.05) is 0 Å². The van der Waals surface area contributed by atoms with E-state index in [1.165, 1.54) is 14.2 Å². The van der Waals surface area contributed by atoms with Crippen LogP contribution in [0.4, 0.5) is 24.7 Å². The van der Waals surface area contributed by atoms with Gasteiger partial charge >= 0.3 is 6.18 Å². The zero-order valence-corrected chi connectivity index (χ0v) is 19.3. The number of nitrogens with zero attached hydrogens (tertiary/aromatic N) is 2. The van der Waals surface area contributed by atoms with E-state index in [-0.39, 0.29) is 17.8 Å². The molecule has 1 aliphatic heterocycles. The highest BCUT2D eigenvalue weighted by molar-refractivity contribution is 6.07. The first-order chi connectivity index (χ1) is 16.6. The molecule has 0 radical (unpaired) electrons. The van der Waals surface area contributed by atoms with Crippen LogP contribution in [0.1, 0.15) is 53.0 Å². The molecule has 2 aromatic carbocycles. The topological polar surface area (TPSA) is 97.6 Å². The van der Waals surface area contributed by atoms with Crippen molar-refractivity contribution < 1.29 is 32.5 Å². The summed E-state index contributed by atoms with van der Waals surface area (Å²) in [6.45, 7) is 1.62. The van der Waals surface area contributed by atoms with Gasteiger partial charge in [-0.05, 0) is 42.3 Å². The monoisotopic (exact) mass is 490 g/mol. The van der Waals surface area contributed by atoms with Gasteiger partial charge in [0.2, 0.25) is 0 Å². The van der Waals surface area contributed by atoms with Crippen LogP contribution < -0.4 is 20.1 Å². The van der Waals surface area contributed by atoms with E-state index in [2.05, 4.69) is 15.7 Å². The molecule has 3 atom stereocenters. The molecule has 0 aliphatic carbocycles. The lowest BCUT2D eigenvalue weighted by Gasteiger charge is -2.34. The third kappa shape index (κ3) is 4.90. The fourth-order valence-corrected chi connectivity index (χ4v) is 4.06. The zero-order valence-electron chi connectivity index (χ0n) is 19.3. The third-order valence-corrected chi connectivity index (χ3v) is 5.94. The maximum absolute atomic E-state index is 14.0. The molecule has 3 N–H and O–H groups in total. The number of rotatable bonds is 6. The number of hydrogen-bond donors (Lipinski definition) is 3. The van der Waals surface area contributed by atoms with Crippen molar-refractivity contribution in [2.45, 2.75) is 37.7 Å². The maximum Gasteiger partial charge on any atom is 0.410 e. The van der Waals surface area contributed by atoms with E-state index in [4.69, 9.17) is 9.47 Å². The number of benzene rings is 2. The molecule has 1 aliphatic rings. The number of amides is 1. The van der Waals surface area contributed by atoms with Gasteiger partial charge in [-0.15, -0.1) is 0 Å². The number of carbonyl (C=O) groups is 1. The standard InChI is InChI=1S/C24H25F3N4O4/c1-13(32)14-4-7-16(8-5-14)29-23(33)17-12-28-31-21(24(25,26)27)11-18(30-22(17)31)15-6-9-19(34-2)20(10-15)35-3/h4-10,12-13,18,21,30,32H,11H2,1-3H3,(H,29,33)/t13-,18-,21-/m1/s1. The van der Waals surface area contributed by atoms with Crippen LogP contribution in [0.3, 0.4) is 0 Å². The van der Waals surface area contributed by atoms with E-state index in [9.17, 15) is 23.1 Å². The molecule has 1 aromatic heterocycles. The van der Waals surface area contributed by atoms with E-state index < -0.39 is 30.3 Å². The van der Waals surface area contributed by atoms with Crippen LogP contribution in [0.2, 0.25) is 0 Å². The summed E-state index contributed by atoms with van der Waals surface area (Å²) in [4.78, 5) is 13.0. The third-order valence-electron chi connectivity index (χ3n) is 5.94. The highest BCUT2D eigenvalue weighted by atomic mass is 19.4. The number of alkyl halides is 3. The largest absolute Gasteiger partial charge is 0.493 e. The molecule has 0 saturated carbocycles. The number of carbonyl (C=O) groups excluding carboxylic acids is 1. The first-order valence-electron chi connectivity index (χ1n) is 10.8. The number of methoxy groups -OCH3 is 2. The van der Waals surface area contributed by atoms with Gasteiger partial charge in [-0.1, -0.05) is 18.2 Å². The first-order valence-corrected chi connectivity index (χ1v) is 10.8. The smallest absolute Gasteiger partial charge is 0.410 e. The minimum absolute atomic E-state index is 0.0240. The normalized spacial score (nSPS) is 18.3. The van der Waals surface area contributed by atoms with Gasteiger partial charge < -0.3 is 25.2 Å². The highest BCUT2D eigenvalue weighted by Crippen LogP contribution is 2.45. The Morgan fingerprint density at radius 3 is 2.46 bits per heavy atom. The van der Waals surface area contributed by atoms with Crippen molar-refractivity contribution in [2.75, 3.05) is 24.9 Å². The minimum Gasteiger partial charge on any atom is -0.493 e. The van der Waals surface area contributed by atoms with Crippen LogP contribution in [0, 0.1) is 0 Å². The Balaban J connectivity index is 1.66. The fraction of sp³-hybridized carbons (Fsp3) is 0.333. The van der Waals surface area contributed by atoms with E-state index in [0.29, 0.717) is 28.3 Å². The number of halogens is 3. The van der Waals surface area contributed by atoms with Gasteiger partial charge in [-0.2, -0.15) is 18.3 Å². The maximum atomic E-state index is 14.0. The lowest BCUT2D eigenvalue weighted by molar-refractivity contribution is -0.173. The predicted molar refractivity (Wildman–Crippen MR) is 123 cm³/mol. The van der Waals surface area contributed by atoms with Crippen molar-refractivity contribution in [1.29, 1.82) is 0 Å². The molecule has 4 rings (SSSR count). The minimum atomic E-state index is -4.58. The molecule has 11 heteroatoms. The van der Waals surface area contributed by atoms with Crippen molar-refractivity contribution in [3.8, 4) is 11.5 Å². The molecule has 0 saturated heterocycles. The Labute approximate surface area is 199 Å². The lowest BCUT2D eigenvalue weighted by atomic mass is 9.96. The van der Waals surface area contributed by atoms with Crippen LogP contribution in [0.25, 0.3) is 0 Å². The first kappa shape index (κ1) is 24.4. The van der Waals surface area contributed by atoms with Crippen molar-refractivity contribution in [3.05, 3.63) is 65.4 Å². The summed E-state index contributed by atoms with van der Waals surface area (Å²) in [6.07, 6.45) is -4.45. The van der Waals surface area contributed by atoms with Crippen LogP contribution >= 0.6 is 0 Å². The molecular weight excluding hydrogens is 465 g/mol. The number of ether oxygens (including phenoxy) is 2. The number of fused-ring (bicyclic) bond motifs is 1. The molecule has 3 aromatic rings. The van der Waals surface area contributed by atoms with Gasteiger partial charge in [0.1, 0.15) is 11.4 Å². The molecule has 35 heavy (non-hydrogen) atoms. The molecule has 8 nitrogen and oxygen atoms in total. The summed E-state index contributed by atoms with van der Waals surface area (Å²) in [5, 5.41) is 19.3. The van der Waals surface area contributed by atoms with Crippen molar-refractivity contribution in [3.63, 3.8) is 0 Å². The predicted octanol–water partition coefficient (Wildman–Crippen LogP) is 4.87. The SMILES string of the molecule is COc1ccc([C@H]2C[C@H](C(F)(F)F)n3ncc(C(=O)Nc4ccc([C@@H](C)O)cc4)c3N2)cc1OC. The van der Waals surface area contributed by atoms with Crippen molar-refractivity contribution >= 4 is 17.4 Å². The summed E-state index contributed by atoms with van der Waals surface area (Å²) in [7, 11) is 2.91. The molecule has 0 bridgehead atoms. The van der Waals surface area contributed by atoms with Gasteiger partial charge in [0, 0.05) is 12.1 Å². The highest BCUT2D eigenvalue weighted by Gasteiger charge is 2.47. The molecule has 1 amide bonds. The molecule has 0 spiro atoms. The van der Waals surface area contributed by atoms with Crippen LogP contribution in [-0.4, -0.2) is 41.2 Å². The molecule has 186 valence electrons. The number of aliphatic hydroxyl groups excluding tert-OH is 1. The Hall–Kier alpha value is -3.73. The molecule has 2 heterocycles. The Bertz CT molecular complexity index is 1210. The van der Waals surface area contributed by atoms with Gasteiger partial charge in [0.15, 0.2) is 17.5 Å². The van der Waals surface area contributed by atoms with Gasteiger partial charge in [0.05, 0.1) is 32.6 Å². The number of hydrogen-bond acceptors (Lipinski definition) is 6. The lowest BCUT2D eigenvalue weighted by Crippen LogP contribution is -2.36. The number of nitrogens with one attached hydrogen (secondary N) is 2. The van der Waals surface area contributed by atoms with Crippen LogP contribution in [0.15, 0.2) is 48.7 Å². The van der Waals surface area contributed by atoms with Crippen molar-refractivity contribution in [1.82, 2.24) is 9.78 Å². The summed E-state index contributed by atoms with van der Waals surface area (Å²) in [5.74, 6) is 0.188. The Morgan fingerprint density at radius 2 is 1.86 bits per heavy atom. The number of aromatic nitrogens is 2. The van der Waals surface area contributed by atoms with Gasteiger partial charge in [0.25, 0.3) is 5.91 Å². The summed E-state index contributed by atoms with van der Waals surface area (Å²) >= 11 is 0. The average molecular weight is 490 g/mol. The number of anilines is 2. The molecule has 0 unspecified atom stereocenters. The molecule has 0 fully saturated rings. The number of aliphatic hydroxyl groups is 1.